The van der Waals surface area contributed by atoms with E-state index in [1.54, 1.807) is 0 Å². The van der Waals surface area contributed by atoms with Crippen molar-refractivity contribution in [2.75, 3.05) is 52.5 Å². The minimum Gasteiger partial charge on any atom is -0.390 e. The molecule has 0 bridgehead atoms. The zero-order chi connectivity index (χ0) is 16.8. The van der Waals surface area contributed by atoms with E-state index >= 15 is 0 Å². The van der Waals surface area contributed by atoms with Gasteiger partial charge in [0.05, 0.1) is 25.4 Å². The average Bonchev–Trinajstić information content (AvgIpc) is 2.63. The predicted octanol–water partition coefficient (Wildman–Crippen LogP) is 1.13. The summed E-state index contributed by atoms with van der Waals surface area (Å²) in [5, 5.41) is 20.9. The first-order chi connectivity index (χ1) is 11.7. The molecule has 0 aromatic heterocycles. The van der Waals surface area contributed by atoms with E-state index in [0.29, 0.717) is 5.92 Å². The molecule has 0 spiro atoms. The summed E-state index contributed by atoms with van der Waals surface area (Å²) in [5.74, 6) is 0.319. The molecule has 1 aromatic carbocycles. The van der Waals surface area contributed by atoms with Crippen LogP contribution in [-0.4, -0.2) is 78.6 Å². The number of likely N-dealkylation sites (tertiary alicyclic amines) is 1. The van der Waals surface area contributed by atoms with Crippen molar-refractivity contribution in [1.29, 1.82) is 0 Å². The number of ether oxygens (including phenoxy) is 1. The summed E-state index contributed by atoms with van der Waals surface area (Å²) in [4.78, 5) is 4.61. The van der Waals surface area contributed by atoms with Gasteiger partial charge in [-0.3, -0.25) is 4.90 Å². The van der Waals surface area contributed by atoms with Crippen LogP contribution in [0.1, 0.15) is 24.5 Å². The summed E-state index contributed by atoms with van der Waals surface area (Å²) in [5.41, 5.74) is 1.02. The van der Waals surface area contributed by atoms with Gasteiger partial charge in [-0.1, -0.05) is 30.3 Å². The number of β-amino-alcohol motifs (C(OH)–C–C–N with tert-alkyl or cyclic N) is 1. The van der Waals surface area contributed by atoms with Crippen LogP contribution >= 0.6 is 0 Å². The van der Waals surface area contributed by atoms with Crippen LogP contribution in [-0.2, 0) is 4.74 Å². The smallest absolute Gasteiger partial charge is 0.0819 e. The molecule has 2 fully saturated rings. The van der Waals surface area contributed by atoms with E-state index in [1.165, 1.54) is 0 Å². The van der Waals surface area contributed by atoms with E-state index in [0.717, 1.165) is 70.9 Å². The van der Waals surface area contributed by atoms with Gasteiger partial charge in [0.2, 0.25) is 0 Å². The van der Waals surface area contributed by atoms with Crippen molar-refractivity contribution < 1.29 is 14.9 Å². The summed E-state index contributed by atoms with van der Waals surface area (Å²) < 4.78 is 5.34. The molecule has 5 heteroatoms. The van der Waals surface area contributed by atoms with Crippen LogP contribution in [0.15, 0.2) is 30.3 Å². The second-order valence-corrected chi connectivity index (χ2v) is 7.06. The fourth-order valence-corrected chi connectivity index (χ4v) is 3.81. The first-order valence-corrected chi connectivity index (χ1v) is 9.16. The van der Waals surface area contributed by atoms with Gasteiger partial charge in [0, 0.05) is 26.2 Å². The van der Waals surface area contributed by atoms with Gasteiger partial charge in [-0.05, 0) is 37.4 Å². The monoisotopic (exact) mass is 334 g/mol. The van der Waals surface area contributed by atoms with Crippen LogP contribution in [0.2, 0.25) is 0 Å². The molecule has 5 nitrogen and oxygen atoms in total. The van der Waals surface area contributed by atoms with Crippen molar-refractivity contribution in [1.82, 2.24) is 9.80 Å². The Labute approximate surface area is 144 Å². The van der Waals surface area contributed by atoms with Gasteiger partial charge in [0.15, 0.2) is 0 Å². The van der Waals surface area contributed by atoms with Crippen molar-refractivity contribution in [2.24, 2.45) is 5.92 Å². The summed E-state index contributed by atoms with van der Waals surface area (Å²) >= 11 is 0. The normalized spacial score (nSPS) is 23.9. The highest BCUT2D eigenvalue weighted by Crippen LogP contribution is 2.30. The number of piperidine rings is 1. The second kappa shape index (κ2) is 8.92. The number of benzene rings is 1. The molecule has 0 saturated carbocycles. The third-order valence-corrected chi connectivity index (χ3v) is 5.26. The number of aliphatic hydroxyl groups excluding tert-OH is 2. The Balaban J connectivity index is 1.40. The number of hydrogen-bond donors (Lipinski definition) is 2. The molecule has 0 amide bonds. The van der Waals surface area contributed by atoms with Gasteiger partial charge in [-0.15, -0.1) is 0 Å². The van der Waals surface area contributed by atoms with Crippen molar-refractivity contribution in [3.8, 4) is 0 Å². The highest BCUT2D eigenvalue weighted by atomic mass is 16.5. The van der Waals surface area contributed by atoms with E-state index in [-0.39, 0.29) is 12.2 Å². The van der Waals surface area contributed by atoms with Crippen molar-refractivity contribution in [3.63, 3.8) is 0 Å². The van der Waals surface area contributed by atoms with Crippen LogP contribution < -0.4 is 0 Å². The standard InChI is InChI=1S/C19H30N2O3/c22-18(15-21-10-12-24-13-11-21)14-20-8-6-17(7-9-20)19(23)16-4-2-1-3-5-16/h1-5,17-19,22-23H,6-15H2. The average molecular weight is 334 g/mol. The molecule has 2 saturated heterocycles. The lowest BCUT2D eigenvalue weighted by molar-refractivity contribution is -0.000579. The van der Waals surface area contributed by atoms with Gasteiger partial charge in [-0.25, -0.2) is 0 Å². The van der Waals surface area contributed by atoms with E-state index in [4.69, 9.17) is 4.74 Å². The molecule has 134 valence electrons. The maximum absolute atomic E-state index is 10.5. The number of rotatable bonds is 6. The number of morpholine rings is 1. The van der Waals surface area contributed by atoms with Crippen molar-refractivity contribution in [2.45, 2.75) is 25.0 Å². The summed E-state index contributed by atoms with van der Waals surface area (Å²) in [6.07, 6.45) is 1.30. The highest BCUT2D eigenvalue weighted by molar-refractivity contribution is 5.18. The van der Waals surface area contributed by atoms with E-state index in [9.17, 15) is 10.2 Å². The first kappa shape index (κ1) is 17.8. The lowest BCUT2D eigenvalue weighted by Crippen LogP contribution is -2.46. The Kier molecular flexibility index (Phi) is 6.63. The van der Waals surface area contributed by atoms with Crippen LogP contribution in [0.5, 0.6) is 0 Å². The van der Waals surface area contributed by atoms with Gasteiger partial charge in [0.1, 0.15) is 0 Å². The maximum Gasteiger partial charge on any atom is 0.0819 e. The number of hydrogen-bond acceptors (Lipinski definition) is 5. The SMILES string of the molecule is OC(CN1CCOCC1)CN1CCC(C(O)c2ccccc2)CC1. The number of aliphatic hydroxyl groups is 2. The molecule has 0 aliphatic carbocycles. The lowest BCUT2D eigenvalue weighted by atomic mass is 9.87. The lowest BCUT2D eigenvalue weighted by Gasteiger charge is -2.36. The number of nitrogens with zero attached hydrogens (tertiary/aromatic N) is 2. The minimum atomic E-state index is -0.369. The molecular formula is C19H30N2O3. The van der Waals surface area contributed by atoms with Gasteiger partial charge in [0.25, 0.3) is 0 Å². The fourth-order valence-electron chi connectivity index (χ4n) is 3.81. The van der Waals surface area contributed by atoms with E-state index in [2.05, 4.69) is 9.80 Å². The molecule has 2 aliphatic rings. The van der Waals surface area contributed by atoms with E-state index < -0.39 is 0 Å². The van der Waals surface area contributed by atoms with Crippen molar-refractivity contribution in [3.05, 3.63) is 35.9 Å². The Morgan fingerprint density at radius 1 is 0.917 bits per heavy atom. The van der Waals surface area contributed by atoms with E-state index in [1.807, 2.05) is 30.3 Å². The summed E-state index contributed by atoms with van der Waals surface area (Å²) in [7, 11) is 0. The second-order valence-electron chi connectivity index (χ2n) is 7.06. The third kappa shape index (κ3) is 5.01. The summed E-state index contributed by atoms with van der Waals surface area (Å²) in [6.45, 7) is 6.75. The van der Waals surface area contributed by atoms with Gasteiger partial charge in [-0.2, -0.15) is 0 Å². The quantitative estimate of drug-likeness (QED) is 0.817. The predicted molar refractivity (Wildman–Crippen MR) is 93.8 cm³/mol. The third-order valence-electron chi connectivity index (χ3n) is 5.26. The maximum atomic E-state index is 10.5. The fraction of sp³-hybridized carbons (Fsp3) is 0.684. The summed E-state index contributed by atoms with van der Waals surface area (Å²) in [6, 6.07) is 9.95. The van der Waals surface area contributed by atoms with Crippen molar-refractivity contribution >= 4 is 0 Å². The van der Waals surface area contributed by atoms with Gasteiger partial charge >= 0.3 is 0 Å². The van der Waals surface area contributed by atoms with Crippen LogP contribution in [0.4, 0.5) is 0 Å². The largest absolute Gasteiger partial charge is 0.390 e. The van der Waals surface area contributed by atoms with Crippen LogP contribution in [0.3, 0.4) is 0 Å². The molecule has 24 heavy (non-hydrogen) atoms. The molecular weight excluding hydrogens is 304 g/mol. The minimum absolute atomic E-state index is 0.307. The zero-order valence-corrected chi connectivity index (χ0v) is 14.4. The molecule has 1 aromatic rings. The highest BCUT2D eigenvalue weighted by Gasteiger charge is 2.27. The molecule has 3 rings (SSSR count). The van der Waals surface area contributed by atoms with Crippen LogP contribution in [0, 0.1) is 5.92 Å². The Morgan fingerprint density at radius 2 is 1.50 bits per heavy atom. The molecule has 0 radical (unpaired) electrons. The molecule has 2 aliphatic heterocycles. The molecule has 2 N–H and O–H groups in total. The zero-order valence-electron chi connectivity index (χ0n) is 14.4. The Morgan fingerprint density at radius 3 is 2.12 bits per heavy atom. The Bertz CT molecular complexity index is 471. The molecule has 2 atom stereocenters. The first-order valence-electron chi connectivity index (χ1n) is 9.16. The molecule has 2 unspecified atom stereocenters. The Hall–Kier alpha value is -0.980. The topological polar surface area (TPSA) is 56.2 Å². The van der Waals surface area contributed by atoms with Gasteiger partial charge < -0.3 is 19.8 Å². The van der Waals surface area contributed by atoms with Crippen LogP contribution in [0.25, 0.3) is 0 Å². The molecule has 2 heterocycles.